The highest BCUT2D eigenvalue weighted by Crippen LogP contribution is 2.11. The summed E-state index contributed by atoms with van der Waals surface area (Å²) in [5.74, 6) is 0.945. The van der Waals surface area contributed by atoms with Crippen LogP contribution in [0, 0.1) is 6.92 Å². The highest BCUT2D eigenvalue weighted by Gasteiger charge is 2.03. The third kappa shape index (κ3) is 3.32. The van der Waals surface area contributed by atoms with Crippen LogP contribution in [0.4, 0.5) is 5.82 Å². The molecule has 96 valence electrons. The summed E-state index contributed by atoms with van der Waals surface area (Å²) in [5, 5.41) is 7.89. The van der Waals surface area contributed by atoms with Gasteiger partial charge >= 0.3 is 0 Å². The number of aryl methyl sites for hydroxylation is 2. The van der Waals surface area contributed by atoms with E-state index in [0.29, 0.717) is 0 Å². The Morgan fingerprint density at radius 1 is 1.28 bits per heavy atom. The van der Waals surface area contributed by atoms with Gasteiger partial charge in [-0.3, -0.25) is 9.67 Å². The lowest BCUT2D eigenvalue weighted by atomic mass is 10.3. The van der Waals surface area contributed by atoms with E-state index in [1.165, 1.54) is 24.1 Å². The Morgan fingerprint density at radius 3 is 2.78 bits per heavy atom. The van der Waals surface area contributed by atoms with Gasteiger partial charge in [-0.2, -0.15) is 5.10 Å². The molecule has 0 aliphatic heterocycles. The monoisotopic (exact) mass is 244 g/mol. The average molecular weight is 244 g/mol. The molecule has 2 rings (SSSR count). The molecule has 0 unspecified atom stereocenters. The lowest BCUT2D eigenvalue weighted by Crippen LogP contribution is -2.04. The number of pyridine rings is 1. The second-order valence-corrected chi connectivity index (χ2v) is 4.46. The predicted octanol–water partition coefficient (Wildman–Crippen LogP) is 3.00. The molecule has 18 heavy (non-hydrogen) atoms. The Bertz CT molecular complexity index is 476. The van der Waals surface area contributed by atoms with E-state index in [-0.39, 0.29) is 0 Å². The second-order valence-electron chi connectivity index (χ2n) is 4.46. The molecule has 0 aliphatic rings. The van der Waals surface area contributed by atoms with Gasteiger partial charge in [-0.1, -0.05) is 13.3 Å². The van der Waals surface area contributed by atoms with Crippen molar-refractivity contribution in [3.05, 3.63) is 41.9 Å². The summed E-state index contributed by atoms with van der Waals surface area (Å²) in [6, 6.07) is 6.11. The summed E-state index contributed by atoms with van der Waals surface area (Å²) in [6.45, 7) is 6.08. The summed E-state index contributed by atoms with van der Waals surface area (Å²) in [4.78, 5) is 4.00. The largest absolute Gasteiger partial charge is 0.365 e. The van der Waals surface area contributed by atoms with Crippen LogP contribution in [-0.2, 0) is 13.1 Å². The van der Waals surface area contributed by atoms with Gasteiger partial charge in [0.15, 0.2) is 0 Å². The number of rotatable bonds is 6. The van der Waals surface area contributed by atoms with Gasteiger partial charge in [0.1, 0.15) is 5.82 Å². The van der Waals surface area contributed by atoms with Crippen LogP contribution in [0.3, 0.4) is 0 Å². The molecule has 4 nitrogen and oxygen atoms in total. The summed E-state index contributed by atoms with van der Waals surface area (Å²) < 4.78 is 2.07. The quantitative estimate of drug-likeness (QED) is 0.849. The molecule has 0 aromatic carbocycles. The van der Waals surface area contributed by atoms with Crippen LogP contribution in [0.15, 0.2) is 30.6 Å². The Kier molecular flexibility index (Phi) is 4.34. The molecule has 0 saturated carbocycles. The van der Waals surface area contributed by atoms with Gasteiger partial charge < -0.3 is 5.32 Å². The normalized spacial score (nSPS) is 10.6. The molecule has 2 heterocycles. The van der Waals surface area contributed by atoms with E-state index >= 15 is 0 Å². The van der Waals surface area contributed by atoms with E-state index in [1.54, 1.807) is 0 Å². The van der Waals surface area contributed by atoms with Gasteiger partial charge in [-0.25, -0.2) is 0 Å². The van der Waals surface area contributed by atoms with Crippen molar-refractivity contribution < 1.29 is 0 Å². The van der Waals surface area contributed by atoms with Crippen molar-refractivity contribution in [2.45, 2.75) is 39.8 Å². The highest BCUT2D eigenvalue weighted by molar-refractivity contribution is 5.36. The number of aromatic nitrogens is 3. The molecular formula is C14H20N4. The van der Waals surface area contributed by atoms with E-state index in [1.807, 2.05) is 24.5 Å². The molecule has 0 radical (unpaired) electrons. The fourth-order valence-corrected chi connectivity index (χ4v) is 1.82. The number of unbranched alkanes of at least 4 members (excludes halogenated alkanes) is 1. The SMILES string of the molecule is CCCCn1nc(NCc2ccncc2)cc1C. The van der Waals surface area contributed by atoms with Crippen molar-refractivity contribution in [3.8, 4) is 0 Å². The molecule has 0 bridgehead atoms. The third-order valence-electron chi connectivity index (χ3n) is 2.93. The Morgan fingerprint density at radius 2 is 2.06 bits per heavy atom. The zero-order chi connectivity index (χ0) is 12.8. The first-order valence-electron chi connectivity index (χ1n) is 6.47. The Labute approximate surface area is 108 Å². The topological polar surface area (TPSA) is 42.7 Å². The van der Waals surface area contributed by atoms with Gasteiger partial charge in [0.25, 0.3) is 0 Å². The summed E-state index contributed by atoms with van der Waals surface area (Å²) in [7, 11) is 0. The van der Waals surface area contributed by atoms with Gasteiger partial charge in [0.05, 0.1) is 0 Å². The van der Waals surface area contributed by atoms with Gasteiger partial charge in [0, 0.05) is 37.2 Å². The van der Waals surface area contributed by atoms with Crippen LogP contribution in [0.2, 0.25) is 0 Å². The zero-order valence-electron chi connectivity index (χ0n) is 11.1. The highest BCUT2D eigenvalue weighted by atomic mass is 15.3. The molecule has 1 N–H and O–H groups in total. The molecular weight excluding hydrogens is 224 g/mol. The molecule has 0 saturated heterocycles. The molecule has 0 aliphatic carbocycles. The van der Waals surface area contributed by atoms with Crippen molar-refractivity contribution in [2.24, 2.45) is 0 Å². The molecule has 0 spiro atoms. The van der Waals surface area contributed by atoms with Crippen LogP contribution < -0.4 is 5.32 Å². The van der Waals surface area contributed by atoms with E-state index < -0.39 is 0 Å². The minimum Gasteiger partial charge on any atom is -0.365 e. The lowest BCUT2D eigenvalue weighted by Gasteiger charge is -2.03. The maximum absolute atomic E-state index is 4.55. The number of hydrogen-bond donors (Lipinski definition) is 1. The minimum atomic E-state index is 0.784. The van der Waals surface area contributed by atoms with Crippen LogP contribution >= 0.6 is 0 Å². The summed E-state index contributed by atoms with van der Waals surface area (Å²) >= 11 is 0. The van der Waals surface area contributed by atoms with Crippen molar-refractivity contribution in [3.63, 3.8) is 0 Å². The van der Waals surface area contributed by atoms with Crippen molar-refractivity contribution in [2.75, 3.05) is 5.32 Å². The maximum Gasteiger partial charge on any atom is 0.148 e. The van der Waals surface area contributed by atoms with Crippen LogP contribution in [0.1, 0.15) is 31.0 Å². The molecule has 0 atom stereocenters. The van der Waals surface area contributed by atoms with Crippen molar-refractivity contribution in [1.29, 1.82) is 0 Å². The smallest absolute Gasteiger partial charge is 0.148 e. The molecule has 2 aromatic heterocycles. The van der Waals surface area contributed by atoms with E-state index in [4.69, 9.17) is 0 Å². The van der Waals surface area contributed by atoms with Gasteiger partial charge in [-0.15, -0.1) is 0 Å². The first-order valence-corrected chi connectivity index (χ1v) is 6.47. The fraction of sp³-hybridized carbons (Fsp3) is 0.429. The molecule has 2 aromatic rings. The van der Waals surface area contributed by atoms with Gasteiger partial charge in [0.2, 0.25) is 0 Å². The first kappa shape index (κ1) is 12.6. The Hall–Kier alpha value is -1.84. The van der Waals surface area contributed by atoms with Crippen molar-refractivity contribution >= 4 is 5.82 Å². The number of hydrogen-bond acceptors (Lipinski definition) is 3. The van der Waals surface area contributed by atoms with E-state index in [9.17, 15) is 0 Å². The lowest BCUT2D eigenvalue weighted by molar-refractivity contribution is 0.560. The zero-order valence-corrected chi connectivity index (χ0v) is 11.1. The van der Waals surface area contributed by atoms with E-state index in [2.05, 4.69) is 40.0 Å². The molecule has 4 heteroatoms. The molecule has 0 amide bonds. The standard InChI is InChI=1S/C14H20N4/c1-3-4-9-18-12(2)10-14(17-18)16-11-13-5-7-15-8-6-13/h5-8,10H,3-4,9,11H2,1-2H3,(H,16,17). The predicted molar refractivity (Wildman–Crippen MR) is 73.4 cm³/mol. The van der Waals surface area contributed by atoms with Gasteiger partial charge in [-0.05, 0) is 31.0 Å². The Balaban J connectivity index is 1.94. The van der Waals surface area contributed by atoms with Crippen LogP contribution in [-0.4, -0.2) is 14.8 Å². The summed E-state index contributed by atoms with van der Waals surface area (Å²) in [5.41, 5.74) is 2.42. The number of nitrogens with zero attached hydrogens (tertiary/aromatic N) is 3. The minimum absolute atomic E-state index is 0.784. The van der Waals surface area contributed by atoms with Crippen LogP contribution in [0.5, 0.6) is 0 Å². The fourth-order valence-electron chi connectivity index (χ4n) is 1.82. The second kappa shape index (κ2) is 6.19. The number of nitrogens with one attached hydrogen (secondary N) is 1. The third-order valence-corrected chi connectivity index (χ3v) is 2.93. The van der Waals surface area contributed by atoms with Crippen LogP contribution in [0.25, 0.3) is 0 Å². The van der Waals surface area contributed by atoms with Crippen molar-refractivity contribution in [1.82, 2.24) is 14.8 Å². The summed E-state index contributed by atoms with van der Waals surface area (Å²) in [6.07, 6.45) is 5.98. The first-order chi connectivity index (χ1) is 8.79. The number of anilines is 1. The molecule has 0 fully saturated rings. The maximum atomic E-state index is 4.55. The average Bonchev–Trinajstić information content (AvgIpc) is 2.76. The van der Waals surface area contributed by atoms with E-state index in [0.717, 1.165) is 18.9 Å².